The molecule has 0 spiro atoms. The van der Waals surface area contributed by atoms with Crippen molar-refractivity contribution in [1.82, 2.24) is 10.3 Å². The molecule has 1 aromatic carbocycles. The third-order valence-electron chi connectivity index (χ3n) is 3.31. The van der Waals surface area contributed by atoms with E-state index in [0.717, 1.165) is 10.9 Å². The van der Waals surface area contributed by atoms with E-state index in [4.69, 9.17) is 4.74 Å². The minimum atomic E-state index is -0.204. The Bertz CT molecular complexity index is 869. The van der Waals surface area contributed by atoms with Gasteiger partial charge in [0.15, 0.2) is 0 Å². The molecule has 2 N–H and O–H groups in total. The molecule has 0 aliphatic heterocycles. The molecule has 6 heteroatoms. The molecule has 0 radical (unpaired) electrons. The number of methoxy groups -OCH3 is 1. The molecular formula is C16H14N2O3S. The molecule has 1 amide bonds. The summed E-state index contributed by atoms with van der Waals surface area (Å²) in [4.78, 5) is 27.4. The number of amides is 1. The quantitative estimate of drug-likeness (QED) is 0.777. The molecule has 0 fully saturated rings. The van der Waals surface area contributed by atoms with Gasteiger partial charge in [0, 0.05) is 23.0 Å². The fraction of sp³-hybridized carbons (Fsp3) is 0.125. The number of pyridine rings is 1. The number of aromatic amines is 1. The van der Waals surface area contributed by atoms with Crippen LogP contribution in [0.3, 0.4) is 0 Å². The monoisotopic (exact) mass is 314 g/mol. The van der Waals surface area contributed by atoms with Gasteiger partial charge in [-0.3, -0.25) is 9.59 Å². The van der Waals surface area contributed by atoms with Gasteiger partial charge in [-0.2, -0.15) is 0 Å². The number of carbonyl (C=O) groups excluding carboxylic acids is 1. The zero-order valence-electron chi connectivity index (χ0n) is 11.9. The van der Waals surface area contributed by atoms with Crippen LogP contribution in [-0.2, 0) is 6.54 Å². The summed E-state index contributed by atoms with van der Waals surface area (Å²) < 4.78 is 5.18. The second-order valence-corrected chi connectivity index (χ2v) is 5.68. The molecule has 2 heterocycles. The van der Waals surface area contributed by atoms with Crippen molar-refractivity contribution in [2.75, 3.05) is 7.11 Å². The summed E-state index contributed by atoms with van der Waals surface area (Å²) in [6.07, 6.45) is 0. The van der Waals surface area contributed by atoms with Gasteiger partial charge >= 0.3 is 0 Å². The summed E-state index contributed by atoms with van der Waals surface area (Å²) in [5.74, 6) is 0.535. The zero-order chi connectivity index (χ0) is 15.5. The summed E-state index contributed by atoms with van der Waals surface area (Å²) in [5.41, 5.74) is 1.04. The van der Waals surface area contributed by atoms with Crippen LogP contribution in [0, 0.1) is 0 Å². The number of fused-ring (bicyclic) bond motifs is 1. The van der Waals surface area contributed by atoms with Crippen molar-refractivity contribution in [1.29, 1.82) is 0 Å². The van der Waals surface area contributed by atoms with Crippen molar-refractivity contribution in [3.05, 3.63) is 62.6 Å². The van der Waals surface area contributed by atoms with Gasteiger partial charge in [0.2, 0.25) is 0 Å². The third kappa shape index (κ3) is 2.87. The lowest BCUT2D eigenvalue weighted by Gasteiger charge is -2.06. The Morgan fingerprint density at radius 1 is 1.32 bits per heavy atom. The Kier molecular flexibility index (Phi) is 3.93. The molecule has 5 nitrogen and oxygen atoms in total. The highest BCUT2D eigenvalue weighted by atomic mass is 32.1. The molecule has 0 saturated heterocycles. The van der Waals surface area contributed by atoms with E-state index >= 15 is 0 Å². The number of hydrogen-bond donors (Lipinski definition) is 2. The van der Waals surface area contributed by atoms with Gasteiger partial charge in [-0.1, -0.05) is 6.07 Å². The highest BCUT2D eigenvalue weighted by molar-refractivity contribution is 7.12. The smallest absolute Gasteiger partial charge is 0.261 e. The zero-order valence-corrected chi connectivity index (χ0v) is 12.7. The van der Waals surface area contributed by atoms with Crippen LogP contribution in [0.1, 0.15) is 15.2 Å². The van der Waals surface area contributed by atoms with E-state index in [1.807, 2.05) is 17.5 Å². The summed E-state index contributed by atoms with van der Waals surface area (Å²) in [6, 6.07) is 10.8. The second-order valence-electron chi connectivity index (χ2n) is 4.74. The van der Waals surface area contributed by atoms with Crippen molar-refractivity contribution in [2.24, 2.45) is 0 Å². The van der Waals surface area contributed by atoms with Gasteiger partial charge < -0.3 is 15.0 Å². The second kappa shape index (κ2) is 6.03. The van der Waals surface area contributed by atoms with Crippen LogP contribution in [0.25, 0.3) is 10.9 Å². The normalized spacial score (nSPS) is 10.6. The predicted octanol–water partition coefficient (Wildman–Crippen LogP) is 2.53. The molecule has 0 aliphatic carbocycles. The fourth-order valence-electron chi connectivity index (χ4n) is 2.16. The number of thiophene rings is 1. The average Bonchev–Trinajstić information content (AvgIpc) is 3.06. The lowest BCUT2D eigenvalue weighted by atomic mass is 10.1. The number of carbonyl (C=O) groups is 1. The first-order chi connectivity index (χ1) is 10.7. The minimum absolute atomic E-state index is 0.180. The lowest BCUT2D eigenvalue weighted by molar-refractivity contribution is 0.0955. The maximum Gasteiger partial charge on any atom is 0.261 e. The molecule has 0 saturated carbocycles. The van der Waals surface area contributed by atoms with Gasteiger partial charge in [-0.05, 0) is 35.7 Å². The van der Waals surface area contributed by atoms with Crippen molar-refractivity contribution < 1.29 is 9.53 Å². The lowest BCUT2D eigenvalue weighted by Crippen LogP contribution is -2.26. The number of ether oxygens (including phenoxy) is 1. The largest absolute Gasteiger partial charge is 0.497 e. The first kappa shape index (κ1) is 14.3. The maximum atomic E-state index is 12.1. The van der Waals surface area contributed by atoms with Gasteiger partial charge in [-0.25, -0.2) is 0 Å². The number of aromatic nitrogens is 1. The van der Waals surface area contributed by atoms with Crippen molar-refractivity contribution >= 4 is 28.1 Å². The van der Waals surface area contributed by atoms with Crippen LogP contribution in [0.15, 0.2) is 46.6 Å². The average molecular weight is 314 g/mol. The number of benzene rings is 1. The molecule has 22 heavy (non-hydrogen) atoms. The Morgan fingerprint density at radius 2 is 2.18 bits per heavy atom. The van der Waals surface area contributed by atoms with Gasteiger partial charge in [0.1, 0.15) is 5.75 Å². The Hall–Kier alpha value is -2.60. The molecule has 3 rings (SSSR count). The van der Waals surface area contributed by atoms with Gasteiger partial charge in [0.25, 0.3) is 11.5 Å². The Morgan fingerprint density at radius 3 is 2.91 bits per heavy atom. The molecule has 3 aromatic rings. The van der Waals surface area contributed by atoms with Gasteiger partial charge in [0.05, 0.1) is 12.0 Å². The first-order valence-electron chi connectivity index (χ1n) is 6.69. The Labute approximate surface area is 130 Å². The van der Waals surface area contributed by atoms with Crippen LogP contribution in [-0.4, -0.2) is 18.0 Å². The third-order valence-corrected chi connectivity index (χ3v) is 4.18. The molecular weight excluding hydrogens is 300 g/mol. The highest BCUT2D eigenvalue weighted by Gasteiger charge is 2.08. The molecule has 112 valence electrons. The summed E-state index contributed by atoms with van der Waals surface area (Å²) >= 11 is 1.36. The summed E-state index contributed by atoms with van der Waals surface area (Å²) in [6.45, 7) is 0.180. The number of rotatable bonds is 4. The van der Waals surface area contributed by atoms with Gasteiger partial charge in [-0.15, -0.1) is 11.3 Å². The van der Waals surface area contributed by atoms with E-state index in [9.17, 15) is 9.59 Å². The molecule has 0 atom stereocenters. The van der Waals surface area contributed by atoms with Crippen molar-refractivity contribution in [2.45, 2.75) is 6.54 Å². The maximum absolute atomic E-state index is 12.1. The Balaban J connectivity index is 1.85. The van der Waals surface area contributed by atoms with E-state index in [-0.39, 0.29) is 18.0 Å². The van der Waals surface area contributed by atoms with E-state index in [2.05, 4.69) is 10.3 Å². The first-order valence-corrected chi connectivity index (χ1v) is 7.57. The van der Waals surface area contributed by atoms with E-state index in [1.54, 1.807) is 31.4 Å². The topological polar surface area (TPSA) is 71.2 Å². The van der Waals surface area contributed by atoms with Crippen LogP contribution in [0.2, 0.25) is 0 Å². The van der Waals surface area contributed by atoms with Crippen molar-refractivity contribution in [3.63, 3.8) is 0 Å². The number of hydrogen-bond acceptors (Lipinski definition) is 4. The van der Waals surface area contributed by atoms with Crippen LogP contribution < -0.4 is 15.6 Å². The van der Waals surface area contributed by atoms with Crippen LogP contribution >= 0.6 is 11.3 Å². The standard InChI is InChI=1S/C16H14N2O3S/c1-21-12-4-5-13-10(8-12)7-11(15(19)18-13)9-17-16(20)14-3-2-6-22-14/h2-8H,9H2,1H3,(H,17,20)(H,18,19). The molecule has 2 aromatic heterocycles. The SMILES string of the molecule is COc1ccc2[nH]c(=O)c(CNC(=O)c3cccs3)cc2c1. The van der Waals surface area contributed by atoms with Crippen LogP contribution in [0.5, 0.6) is 5.75 Å². The minimum Gasteiger partial charge on any atom is -0.497 e. The van der Waals surface area contributed by atoms with Crippen LogP contribution in [0.4, 0.5) is 0 Å². The predicted molar refractivity (Wildman–Crippen MR) is 86.6 cm³/mol. The van der Waals surface area contributed by atoms with E-state index in [0.29, 0.717) is 16.2 Å². The molecule has 0 unspecified atom stereocenters. The summed E-state index contributed by atoms with van der Waals surface area (Å²) in [7, 11) is 1.59. The highest BCUT2D eigenvalue weighted by Crippen LogP contribution is 2.18. The van der Waals surface area contributed by atoms with E-state index in [1.165, 1.54) is 11.3 Å². The molecule has 0 aliphatic rings. The van der Waals surface area contributed by atoms with Crippen molar-refractivity contribution in [3.8, 4) is 5.75 Å². The number of nitrogens with one attached hydrogen (secondary N) is 2. The summed E-state index contributed by atoms with van der Waals surface area (Å²) in [5, 5.41) is 5.45. The number of H-pyrrole nitrogens is 1. The van der Waals surface area contributed by atoms with E-state index < -0.39 is 0 Å². The molecule has 0 bridgehead atoms. The fourth-order valence-corrected chi connectivity index (χ4v) is 2.80.